The van der Waals surface area contributed by atoms with Gasteiger partial charge < -0.3 is 10.8 Å². The largest absolute Gasteiger partial charge is 0.392 e. The van der Waals surface area contributed by atoms with E-state index in [0.29, 0.717) is 0 Å². The van der Waals surface area contributed by atoms with Gasteiger partial charge in [0.15, 0.2) is 0 Å². The molecule has 0 spiro atoms. The molecule has 0 aliphatic heterocycles. The Balaban J connectivity index is 3.22. The Kier molecular flexibility index (Phi) is 3.00. The number of halogens is 3. The van der Waals surface area contributed by atoms with E-state index in [9.17, 15) is 8.78 Å². The number of hydrogen-bond acceptors (Lipinski definition) is 3. The van der Waals surface area contributed by atoms with Crippen molar-refractivity contribution in [3.8, 4) is 0 Å². The van der Waals surface area contributed by atoms with Gasteiger partial charge in [-0.1, -0.05) is 11.6 Å². The molecule has 0 saturated carbocycles. The van der Waals surface area contributed by atoms with E-state index in [1.54, 1.807) is 0 Å². The van der Waals surface area contributed by atoms with Gasteiger partial charge in [0.25, 0.3) is 6.43 Å². The van der Waals surface area contributed by atoms with Crippen LogP contribution in [-0.2, 0) is 6.61 Å². The number of aromatic nitrogens is 1. The topological polar surface area (TPSA) is 59.1 Å². The van der Waals surface area contributed by atoms with Gasteiger partial charge in [0.05, 0.1) is 12.2 Å². The first kappa shape index (κ1) is 10.1. The van der Waals surface area contributed by atoms with E-state index < -0.39 is 18.6 Å². The summed E-state index contributed by atoms with van der Waals surface area (Å²) in [6.45, 7) is -0.435. The van der Waals surface area contributed by atoms with Crippen LogP contribution < -0.4 is 5.73 Å². The van der Waals surface area contributed by atoms with Crippen molar-refractivity contribution in [2.24, 2.45) is 0 Å². The highest BCUT2D eigenvalue weighted by molar-refractivity contribution is 6.30. The minimum Gasteiger partial charge on any atom is -0.392 e. The highest BCUT2D eigenvalue weighted by atomic mass is 35.5. The molecule has 0 atom stereocenters. The average molecular weight is 209 g/mol. The summed E-state index contributed by atoms with van der Waals surface area (Å²) >= 11 is 5.40. The summed E-state index contributed by atoms with van der Waals surface area (Å²) in [5, 5.41) is 8.38. The molecule has 0 amide bonds. The van der Waals surface area contributed by atoms with Gasteiger partial charge >= 0.3 is 0 Å². The summed E-state index contributed by atoms with van der Waals surface area (Å²) in [5.74, 6) is -0.0306. The van der Waals surface area contributed by atoms with Crippen molar-refractivity contribution >= 4 is 17.4 Å². The van der Waals surface area contributed by atoms with Crippen molar-refractivity contribution in [3.63, 3.8) is 0 Å². The second kappa shape index (κ2) is 3.85. The predicted molar refractivity (Wildman–Crippen MR) is 44.5 cm³/mol. The minimum absolute atomic E-state index is 0.0306. The first-order chi connectivity index (χ1) is 6.06. The number of alkyl halides is 2. The van der Waals surface area contributed by atoms with E-state index in [1.807, 2.05) is 0 Å². The Morgan fingerprint density at radius 3 is 2.69 bits per heavy atom. The lowest BCUT2D eigenvalue weighted by Gasteiger charge is -2.06. The smallest absolute Gasteiger partial charge is 0.266 e. The predicted octanol–water partition coefficient (Wildman–Crippen LogP) is 1.75. The standard InChI is InChI=1S/C7H7ClF2N2O/c8-5-4(6(9)10)1-3(2-13)7(11)12-5/h1,6,13H,2H2,(H2,11,12). The molecule has 3 N–H and O–H groups in total. The third-order valence-electron chi connectivity index (χ3n) is 1.52. The second-order valence-corrected chi connectivity index (χ2v) is 2.73. The molecular weight excluding hydrogens is 202 g/mol. The maximum Gasteiger partial charge on any atom is 0.266 e. The number of nitrogen functional groups attached to an aromatic ring is 1. The monoisotopic (exact) mass is 208 g/mol. The molecule has 1 aromatic heterocycles. The zero-order chi connectivity index (χ0) is 10.0. The number of aliphatic hydroxyl groups excluding tert-OH is 1. The molecule has 0 aromatic carbocycles. The molecule has 0 bridgehead atoms. The number of pyridine rings is 1. The van der Waals surface area contributed by atoms with Crippen LogP contribution in [0.1, 0.15) is 17.6 Å². The quantitative estimate of drug-likeness (QED) is 0.728. The first-order valence-electron chi connectivity index (χ1n) is 3.40. The molecule has 1 rings (SSSR count). The van der Waals surface area contributed by atoms with Gasteiger partial charge in [-0.2, -0.15) is 0 Å². The summed E-state index contributed by atoms with van der Waals surface area (Å²) in [6, 6.07) is 1.05. The summed E-state index contributed by atoms with van der Waals surface area (Å²) in [6.07, 6.45) is -2.72. The lowest BCUT2D eigenvalue weighted by molar-refractivity contribution is 0.151. The van der Waals surface area contributed by atoms with Crippen LogP contribution in [0.4, 0.5) is 14.6 Å². The lowest BCUT2D eigenvalue weighted by Crippen LogP contribution is -2.01. The molecule has 0 aliphatic carbocycles. The van der Waals surface area contributed by atoms with Crippen LogP contribution in [0.15, 0.2) is 6.07 Å². The summed E-state index contributed by atoms with van der Waals surface area (Å²) < 4.78 is 24.5. The van der Waals surface area contributed by atoms with Crippen molar-refractivity contribution in [1.29, 1.82) is 0 Å². The van der Waals surface area contributed by atoms with E-state index in [1.165, 1.54) is 0 Å². The molecule has 3 nitrogen and oxygen atoms in total. The molecule has 6 heteroatoms. The maximum absolute atomic E-state index is 12.2. The fourth-order valence-corrected chi connectivity index (χ4v) is 1.07. The SMILES string of the molecule is Nc1nc(Cl)c(C(F)F)cc1CO. The Morgan fingerprint density at radius 2 is 2.23 bits per heavy atom. The zero-order valence-corrected chi connectivity index (χ0v) is 7.22. The Hall–Kier alpha value is -0.940. The number of hydrogen-bond donors (Lipinski definition) is 2. The average Bonchev–Trinajstić information content (AvgIpc) is 2.03. The molecule has 0 radical (unpaired) electrons. The number of rotatable bonds is 2. The van der Waals surface area contributed by atoms with E-state index in [-0.39, 0.29) is 16.5 Å². The Morgan fingerprint density at radius 1 is 1.62 bits per heavy atom. The van der Waals surface area contributed by atoms with Gasteiger partial charge in [-0.3, -0.25) is 0 Å². The number of aliphatic hydroxyl groups is 1. The highest BCUT2D eigenvalue weighted by Gasteiger charge is 2.15. The van der Waals surface area contributed by atoms with E-state index >= 15 is 0 Å². The van der Waals surface area contributed by atoms with Crippen molar-refractivity contribution in [3.05, 3.63) is 22.3 Å². The van der Waals surface area contributed by atoms with Crippen LogP contribution in [0.5, 0.6) is 0 Å². The van der Waals surface area contributed by atoms with Gasteiger partial charge in [0, 0.05) is 5.56 Å². The molecule has 0 saturated heterocycles. The van der Waals surface area contributed by atoms with Crippen molar-refractivity contribution in [1.82, 2.24) is 4.98 Å². The summed E-state index contributed by atoms with van der Waals surface area (Å²) in [4.78, 5) is 3.47. The normalized spacial score (nSPS) is 10.8. The van der Waals surface area contributed by atoms with Gasteiger partial charge in [-0.25, -0.2) is 13.8 Å². The summed E-state index contributed by atoms with van der Waals surface area (Å²) in [7, 11) is 0. The second-order valence-electron chi connectivity index (χ2n) is 2.37. The fraction of sp³-hybridized carbons (Fsp3) is 0.286. The van der Waals surface area contributed by atoms with Crippen LogP contribution in [0.2, 0.25) is 5.15 Å². The lowest BCUT2D eigenvalue weighted by atomic mass is 10.2. The highest BCUT2D eigenvalue weighted by Crippen LogP contribution is 2.28. The molecular formula is C7H7ClF2N2O. The third-order valence-corrected chi connectivity index (χ3v) is 1.82. The number of anilines is 1. The van der Waals surface area contributed by atoms with E-state index in [0.717, 1.165) is 6.07 Å². The maximum atomic E-state index is 12.2. The van der Waals surface area contributed by atoms with Gasteiger partial charge in [0.2, 0.25) is 0 Å². The van der Waals surface area contributed by atoms with Crippen LogP contribution in [-0.4, -0.2) is 10.1 Å². The van der Waals surface area contributed by atoms with Gasteiger partial charge in [0.1, 0.15) is 11.0 Å². The van der Waals surface area contributed by atoms with Gasteiger partial charge in [-0.15, -0.1) is 0 Å². The number of nitrogens with zero attached hydrogens (tertiary/aromatic N) is 1. The molecule has 0 aliphatic rings. The third kappa shape index (κ3) is 2.05. The van der Waals surface area contributed by atoms with Crippen molar-refractivity contribution < 1.29 is 13.9 Å². The first-order valence-corrected chi connectivity index (χ1v) is 3.78. The van der Waals surface area contributed by atoms with Crippen LogP contribution >= 0.6 is 11.6 Å². The molecule has 0 fully saturated rings. The molecule has 0 unspecified atom stereocenters. The minimum atomic E-state index is -2.72. The van der Waals surface area contributed by atoms with Crippen LogP contribution in [0, 0.1) is 0 Å². The van der Waals surface area contributed by atoms with E-state index in [4.69, 9.17) is 22.4 Å². The molecule has 1 heterocycles. The Labute approximate surface area is 78.1 Å². The van der Waals surface area contributed by atoms with Gasteiger partial charge in [-0.05, 0) is 6.07 Å². The van der Waals surface area contributed by atoms with Crippen molar-refractivity contribution in [2.75, 3.05) is 5.73 Å². The molecule has 1 aromatic rings. The van der Waals surface area contributed by atoms with Crippen LogP contribution in [0.25, 0.3) is 0 Å². The Bertz CT molecular complexity index is 320. The fourth-order valence-electron chi connectivity index (χ4n) is 0.843. The molecule has 13 heavy (non-hydrogen) atoms. The van der Waals surface area contributed by atoms with E-state index in [2.05, 4.69) is 4.98 Å². The number of nitrogens with two attached hydrogens (primary N) is 1. The van der Waals surface area contributed by atoms with Crippen molar-refractivity contribution in [2.45, 2.75) is 13.0 Å². The zero-order valence-electron chi connectivity index (χ0n) is 6.47. The van der Waals surface area contributed by atoms with Crippen LogP contribution in [0.3, 0.4) is 0 Å². The molecule has 72 valence electrons. The summed E-state index contributed by atoms with van der Waals surface area (Å²) in [5.41, 5.74) is 5.04.